The zero-order chi connectivity index (χ0) is 27.3. The molecule has 2 aromatic rings. The molecule has 0 amide bonds. The first-order chi connectivity index (χ1) is 17.3. The van der Waals surface area contributed by atoms with Crippen molar-refractivity contribution in [2.45, 2.75) is 109 Å². The number of ether oxygens (including phenoxy) is 2. The molecule has 0 aliphatic carbocycles. The van der Waals surface area contributed by atoms with E-state index >= 15 is 0 Å². The van der Waals surface area contributed by atoms with Gasteiger partial charge in [0.15, 0.2) is 23.8 Å². The summed E-state index contributed by atoms with van der Waals surface area (Å²) in [5.41, 5.74) is 7.63. The summed E-state index contributed by atoms with van der Waals surface area (Å²) in [4.78, 5) is 25.1. The van der Waals surface area contributed by atoms with Crippen LogP contribution in [0.1, 0.15) is 68.5 Å². The van der Waals surface area contributed by atoms with Crippen LogP contribution in [0, 0.1) is 0 Å². The Balaban J connectivity index is 1.84. The minimum atomic E-state index is -2.94. The van der Waals surface area contributed by atoms with Gasteiger partial charge in [-0.25, -0.2) is 15.0 Å². The summed E-state index contributed by atoms with van der Waals surface area (Å²) in [5, 5.41) is 0. The van der Waals surface area contributed by atoms with Crippen molar-refractivity contribution in [3.05, 3.63) is 12.7 Å². The molecule has 0 radical (unpaired) electrons. The van der Waals surface area contributed by atoms with Crippen LogP contribution in [0.15, 0.2) is 12.7 Å². The topological polar surface area (TPSA) is 133 Å². The van der Waals surface area contributed by atoms with Crippen molar-refractivity contribution in [2.75, 3.05) is 12.3 Å². The maximum atomic E-state index is 12.3. The highest BCUT2D eigenvalue weighted by atomic mass is 28.5. The molecule has 2 saturated heterocycles. The molecule has 4 rings (SSSR count). The number of anilines is 1. The van der Waals surface area contributed by atoms with Crippen LogP contribution in [0.2, 0.25) is 22.2 Å². The number of rotatable bonds is 6. The maximum absolute atomic E-state index is 12.3. The zero-order valence-corrected chi connectivity index (χ0v) is 25.3. The molecule has 2 aliphatic rings. The normalized spacial score (nSPS) is 27.6. The van der Waals surface area contributed by atoms with E-state index in [4.69, 9.17) is 28.2 Å². The molecule has 13 heteroatoms. The molecule has 37 heavy (non-hydrogen) atoms. The number of hydrogen-bond acceptors (Lipinski definition) is 10. The number of aromatic nitrogens is 4. The van der Waals surface area contributed by atoms with Gasteiger partial charge in [-0.15, -0.1) is 0 Å². The number of esters is 1. The fourth-order valence-corrected chi connectivity index (χ4v) is 16.9. The van der Waals surface area contributed by atoms with Gasteiger partial charge >= 0.3 is 23.1 Å². The van der Waals surface area contributed by atoms with Gasteiger partial charge in [0.25, 0.3) is 0 Å². The van der Waals surface area contributed by atoms with Gasteiger partial charge in [-0.1, -0.05) is 55.4 Å². The van der Waals surface area contributed by atoms with E-state index in [1.807, 2.05) is 0 Å². The molecule has 0 unspecified atom stereocenters. The van der Waals surface area contributed by atoms with Crippen LogP contribution in [0.5, 0.6) is 0 Å². The molecule has 2 aliphatic heterocycles. The first-order valence-corrected chi connectivity index (χ1v) is 17.1. The number of fused-ring (bicyclic) bond motifs is 2. The molecule has 2 fully saturated rings. The van der Waals surface area contributed by atoms with Crippen LogP contribution < -0.4 is 5.73 Å². The maximum Gasteiger partial charge on any atom is 0.335 e. The Bertz CT molecular complexity index is 1110. The summed E-state index contributed by atoms with van der Waals surface area (Å²) in [7, 11) is -5.68. The van der Waals surface area contributed by atoms with Crippen LogP contribution in [0.25, 0.3) is 11.2 Å². The third kappa shape index (κ3) is 4.74. The van der Waals surface area contributed by atoms with Gasteiger partial charge in [-0.3, -0.25) is 9.36 Å². The molecule has 0 aromatic carbocycles. The zero-order valence-electron chi connectivity index (χ0n) is 23.3. The fraction of sp³-hybridized carbons (Fsp3) is 0.750. The minimum absolute atomic E-state index is 0.123. The van der Waals surface area contributed by atoms with E-state index in [-0.39, 0.29) is 34.6 Å². The minimum Gasteiger partial charge on any atom is -0.455 e. The van der Waals surface area contributed by atoms with Gasteiger partial charge in [0, 0.05) is 6.92 Å². The van der Waals surface area contributed by atoms with E-state index in [1.165, 1.54) is 13.3 Å². The predicted octanol–water partition coefficient (Wildman–Crippen LogP) is 4.19. The third-order valence-corrected chi connectivity index (χ3v) is 17.8. The average Bonchev–Trinajstić information content (AvgIpc) is 3.35. The first-order valence-electron chi connectivity index (χ1n) is 13.1. The van der Waals surface area contributed by atoms with Crippen LogP contribution in [-0.2, 0) is 27.2 Å². The molecule has 2 N–H and O–H groups in total. The molecule has 0 bridgehead atoms. The third-order valence-electron chi connectivity index (χ3n) is 7.58. The molecule has 4 atom stereocenters. The van der Waals surface area contributed by atoms with Gasteiger partial charge < -0.3 is 28.2 Å². The summed E-state index contributed by atoms with van der Waals surface area (Å²) < 4.78 is 35.5. The van der Waals surface area contributed by atoms with Crippen molar-refractivity contribution in [2.24, 2.45) is 0 Å². The van der Waals surface area contributed by atoms with Gasteiger partial charge in [-0.05, 0) is 22.2 Å². The molecule has 206 valence electrons. The number of nitrogens with zero attached hydrogens (tertiary/aromatic N) is 4. The average molecular weight is 552 g/mol. The van der Waals surface area contributed by atoms with Gasteiger partial charge in [0.1, 0.15) is 24.1 Å². The van der Waals surface area contributed by atoms with Crippen LogP contribution in [-0.4, -0.2) is 67.5 Å². The van der Waals surface area contributed by atoms with Crippen molar-refractivity contribution in [1.82, 2.24) is 19.5 Å². The Labute approximate surface area is 220 Å². The molecular formula is C24H41N5O6Si2. The Morgan fingerprint density at radius 2 is 1.65 bits per heavy atom. The number of imidazole rings is 1. The molecule has 11 nitrogen and oxygen atoms in total. The second-order valence-electron chi connectivity index (χ2n) is 11.3. The van der Waals surface area contributed by atoms with Crippen molar-refractivity contribution < 1.29 is 27.2 Å². The van der Waals surface area contributed by atoms with Crippen LogP contribution in [0.3, 0.4) is 0 Å². The molecule has 4 heterocycles. The van der Waals surface area contributed by atoms with E-state index in [0.29, 0.717) is 11.2 Å². The van der Waals surface area contributed by atoms with Gasteiger partial charge in [0.2, 0.25) is 0 Å². The predicted molar refractivity (Wildman–Crippen MR) is 143 cm³/mol. The van der Waals surface area contributed by atoms with Crippen LogP contribution in [0.4, 0.5) is 5.82 Å². The molecule has 0 saturated carbocycles. The molecule has 2 aromatic heterocycles. The summed E-state index contributed by atoms with van der Waals surface area (Å²) in [6, 6.07) is 0. The van der Waals surface area contributed by atoms with E-state index in [1.54, 1.807) is 10.9 Å². The Hall–Kier alpha value is -1.91. The number of nitrogen functional groups attached to an aromatic ring is 1. The van der Waals surface area contributed by atoms with E-state index < -0.39 is 47.6 Å². The lowest BCUT2D eigenvalue weighted by atomic mass is 10.1. The summed E-state index contributed by atoms with van der Waals surface area (Å²) in [6.45, 7) is 19.0. The summed E-state index contributed by atoms with van der Waals surface area (Å²) >= 11 is 0. The highest BCUT2D eigenvalue weighted by Crippen LogP contribution is 2.49. The van der Waals surface area contributed by atoms with Crippen molar-refractivity contribution in [3.8, 4) is 0 Å². The fourth-order valence-electron chi connectivity index (χ4n) is 5.72. The van der Waals surface area contributed by atoms with E-state index in [0.717, 1.165) is 0 Å². The number of nitrogens with two attached hydrogens (primary N) is 1. The smallest absolute Gasteiger partial charge is 0.335 e. The largest absolute Gasteiger partial charge is 0.455 e. The van der Waals surface area contributed by atoms with E-state index in [9.17, 15) is 4.79 Å². The highest BCUT2D eigenvalue weighted by molar-refractivity contribution is 6.84. The molecular weight excluding hydrogens is 510 g/mol. The lowest BCUT2D eigenvalue weighted by molar-refractivity contribution is -0.155. The lowest BCUT2D eigenvalue weighted by Crippen LogP contribution is -2.66. The molecule has 0 spiro atoms. The second kappa shape index (κ2) is 10.3. The quantitative estimate of drug-likeness (QED) is 0.411. The second-order valence-corrected chi connectivity index (χ2v) is 20.1. The Morgan fingerprint density at radius 3 is 2.22 bits per heavy atom. The van der Waals surface area contributed by atoms with Crippen LogP contribution >= 0.6 is 0 Å². The SMILES string of the molecule is CC(=O)O[C@@H]1[C@@H]2O[Si](C(C)C)(C(C)C)O[Si](C(C)C)(C(C)C)OC[C@H]2O[C@H]1n1cnc2c(N)ncnc21. The Morgan fingerprint density at radius 1 is 1.03 bits per heavy atom. The highest BCUT2D eigenvalue weighted by Gasteiger charge is 2.62. The standard InChI is InChI=1S/C24H41N5O6Si2/c1-13(2)36(14(3)4)31-10-18-20(34-37(35-36,15(5)6)16(7)8)21(32-17(9)30)24(33-18)29-12-28-19-22(25)26-11-27-23(19)29/h11-16,18,20-21,24H,10H2,1-9H3,(H2,25,26,27)/t18-,20-,21-,24-/m1/s1. The number of hydrogen-bond donors (Lipinski definition) is 1. The lowest BCUT2D eigenvalue weighted by Gasteiger charge is -2.51. The first kappa shape index (κ1) is 28.1. The Kier molecular flexibility index (Phi) is 7.86. The van der Waals surface area contributed by atoms with E-state index in [2.05, 4.69) is 70.3 Å². The summed E-state index contributed by atoms with van der Waals surface area (Å²) in [6.07, 6.45) is 0.393. The monoisotopic (exact) mass is 551 g/mol. The van der Waals surface area contributed by atoms with Gasteiger partial charge in [-0.2, -0.15) is 0 Å². The van der Waals surface area contributed by atoms with Gasteiger partial charge in [0.05, 0.1) is 12.9 Å². The van der Waals surface area contributed by atoms with Crippen molar-refractivity contribution in [3.63, 3.8) is 0 Å². The van der Waals surface area contributed by atoms with Crippen molar-refractivity contribution in [1.29, 1.82) is 0 Å². The van der Waals surface area contributed by atoms with Crippen molar-refractivity contribution >= 4 is 40.1 Å². The number of carbonyl (C=O) groups is 1. The number of carbonyl (C=O) groups excluding carboxylic acids is 1. The summed E-state index contributed by atoms with van der Waals surface area (Å²) in [5.74, 6) is -0.166.